The lowest BCUT2D eigenvalue weighted by Crippen LogP contribution is -2.30. The van der Waals surface area contributed by atoms with Crippen molar-refractivity contribution in [1.29, 1.82) is 0 Å². The van der Waals surface area contributed by atoms with Gasteiger partial charge in [-0.15, -0.1) is 0 Å². The van der Waals surface area contributed by atoms with Crippen molar-refractivity contribution in [3.63, 3.8) is 0 Å². The van der Waals surface area contributed by atoms with Gasteiger partial charge in [0.05, 0.1) is 25.0 Å². The van der Waals surface area contributed by atoms with Crippen LogP contribution < -0.4 is 0 Å². The quantitative estimate of drug-likeness (QED) is 0.706. The molecule has 0 bridgehead atoms. The van der Waals surface area contributed by atoms with E-state index in [9.17, 15) is 4.79 Å². The van der Waals surface area contributed by atoms with Gasteiger partial charge in [-0.1, -0.05) is 17.7 Å². The fourth-order valence-electron chi connectivity index (χ4n) is 3.67. The molecule has 0 aliphatic heterocycles. The Hall–Kier alpha value is -2.82. The third-order valence-electron chi connectivity index (χ3n) is 5.05. The fraction of sp³-hybridized carbons (Fsp3) is 0.333. The Bertz CT molecular complexity index is 908. The second-order valence-corrected chi connectivity index (χ2v) is 6.96. The first kappa shape index (κ1) is 16.6. The summed E-state index contributed by atoms with van der Waals surface area (Å²) in [5.41, 5.74) is 5.46. The molecule has 0 radical (unpaired) electrons. The number of benzene rings is 1. The number of fused-ring (bicyclic) bond motifs is 1. The summed E-state index contributed by atoms with van der Waals surface area (Å²) in [6, 6.07) is 11.5. The van der Waals surface area contributed by atoms with Gasteiger partial charge in [0.1, 0.15) is 5.76 Å². The number of aryl methyl sites for hydroxylation is 2. The van der Waals surface area contributed by atoms with Crippen LogP contribution in [0.25, 0.3) is 0 Å². The van der Waals surface area contributed by atoms with E-state index in [2.05, 4.69) is 5.10 Å². The molecule has 2 heterocycles. The van der Waals surface area contributed by atoms with Crippen molar-refractivity contribution in [2.75, 3.05) is 0 Å². The van der Waals surface area contributed by atoms with Gasteiger partial charge >= 0.3 is 0 Å². The number of nitrogens with zero attached hydrogens (tertiary/aromatic N) is 3. The van der Waals surface area contributed by atoms with E-state index in [-0.39, 0.29) is 5.91 Å². The van der Waals surface area contributed by atoms with Gasteiger partial charge in [-0.05, 0) is 56.0 Å². The lowest BCUT2D eigenvalue weighted by molar-refractivity contribution is 0.0714. The first-order valence-corrected chi connectivity index (χ1v) is 9.04. The molecule has 1 amide bonds. The maximum atomic E-state index is 13.1. The van der Waals surface area contributed by atoms with Crippen LogP contribution in [0.15, 0.2) is 47.1 Å². The zero-order valence-corrected chi connectivity index (χ0v) is 15.2. The highest BCUT2D eigenvalue weighted by atomic mass is 16.3. The average molecular weight is 349 g/mol. The van der Waals surface area contributed by atoms with Gasteiger partial charge in [0.25, 0.3) is 5.91 Å². The molecule has 0 spiro atoms. The predicted molar refractivity (Wildman–Crippen MR) is 98.7 cm³/mol. The summed E-state index contributed by atoms with van der Waals surface area (Å²) in [5.74, 6) is 0.775. The Balaban J connectivity index is 1.63. The van der Waals surface area contributed by atoms with Crippen molar-refractivity contribution in [3.05, 3.63) is 76.5 Å². The van der Waals surface area contributed by atoms with Crippen LogP contribution >= 0.6 is 0 Å². The van der Waals surface area contributed by atoms with Gasteiger partial charge in [0, 0.05) is 18.3 Å². The van der Waals surface area contributed by atoms with Crippen LogP contribution in [0.2, 0.25) is 0 Å². The Morgan fingerprint density at radius 3 is 2.73 bits per heavy atom. The van der Waals surface area contributed by atoms with Crippen LogP contribution in [0.5, 0.6) is 0 Å². The third kappa shape index (κ3) is 3.17. The van der Waals surface area contributed by atoms with E-state index < -0.39 is 0 Å². The zero-order valence-electron chi connectivity index (χ0n) is 15.2. The highest BCUT2D eigenvalue weighted by Gasteiger charge is 2.25. The molecule has 3 aromatic rings. The summed E-state index contributed by atoms with van der Waals surface area (Å²) in [6.45, 7) is 2.95. The second kappa shape index (κ2) is 6.83. The van der Waals surface area contributed by atoms with Gasteiger partial charge in [-0.25, -0.2) is 0 Å². The van der Waals surface area contributed by atoms with Crippen LogP contribution in [0.3, 0.4) is 0 Å². The minimum Gasteiger partial charge on any atom is -0.467 e. The van der Waals surface area contributed by atoms with Gasteiger partial charge in [0.15, 0.2) is 0 Å². The van der Waals surface area contributed by atoms with E-state index in [0.29, 0.717) is 18.7 Å². The van der Waals surface area contributed by atoms with Gasteiger partial charge in [0.2, 0.25) is 0 Å². The Morgan fingerprint density at radius 2 is 2.00 bits per heavy atom. The molecular weight excluding hydrogens is 326 g/mol. The molecule has 0 saturated heterocycles. The largest absolute Gasteiger partial charge is 0.467 e. The predicted octanol–water partition coefficient (Wildman–Crippen LogP) is 3.65. The van der Waals surface area contributed by atoms with Crippen LogP contribution in [0.4, 0.5) is 0 Å². The molecule has 0 saturated carbocycles. The Labute approximate surface area is 153 Å². The number of hydrogen-bond acceptors (Lipinski definition) is 3. The maximum absolute atomic E-state index is 13.1. The first-order chi connectivity index (χ1) is 12.6. The summed E-state index contributed by atoms with van der Waals surface area (Å²) in [5, 5.41) is 4.68. The summed E-state index contributed by atoms with van der Waals surface area (Å²) in [4.78, 5) is 15.0. The van der Waals surface area contributed by atoms with Crippen LogP contribution in [0.1, 0.15) is 45.1 Å². The Morgan fingerprint density at radius 1 is 1.19 bits per heavy atom. The van der Waals surface area contributed by atoms with E-state index >= 15 is 0 Å². The molecule has 1 aromatic carbocycles. The minimum absolute atomic E-state index is 0.00111. The molecule has 0 N–H and O–H groups in total. The van der Waals surface area contributed by atoms with Crippen molar-refractivity contribution in [2.45, 2.75) is 39.3 Å². The fourth-order valence-corrected chi connectivity index (χ4v) is 3.67. The molecule has 26 heavy (non-hydrogen) atoms. The SMILES string of the molecule is Cc1ccc(C(=O)N(Cc2ccco2)Cc2nn(C)c3c2CCC3)cc1. The second-order valence-electron chi connectivity index (χ2n) is 6.96. The smallest absolute Gasteiger partial charge is 0.254 e. The van der Waals surface area contributed by atoms with Crippen LogP contribution in [-0.2, 0) is 33.0 Å². The first-order valence-electron chi connectivity index (χ1n) is 9.04. The average Bonchev–Trinajstić information content (AvgIpc) is 3.36. The number of carbonyl (C=O) groups is 1. The van der Waals surface area contributed by atoms with Crippen LogP contribution in [0, 0.1) is 6.92 Å². The number of furan rings is 1. The van der Waals surface area contributed by atoms with E-state index in [1.807, 2.05) is 60.0 Å². The highest BCUT2D eigenvalue weighted by Crippen LogP contribution is 2.26. The van der Waals surface area contributed by atoms with Crippen LogP contribution in [-0.4, -0.2) is 20.6 Å². The molecule has 5 nitrogen and oxygen atoms in total. The Kier molecular flexibility index (Phi) is 4.37. The molecule has 2 aromatic heterocycles. The van der Waals surface area contributed by atoms with Crippen molar-refractivity contribution in [3.8, 4) is 0 Å². The van der Waals surface area contributed by atoms with Crippen molar-refractivity contribution >= 4 is 5.91 Å². The molecule has 4 rings (SSSR count). The van der Waals surface area contributed by atoms with Gasteiger partial charge < -0.3 is 9.32 Å². The third-order valence-corrected chi connectivity index (χ3v) is 5.05. The number of carbonyl (C=O) groups excluding carboxylic acids is 1. The number of hydrogen-bond donors (Lipinski definition) is 0. The van der Waals surface area contributed by atoms with Crippen molar-refractivity contribution in [1.82, 2.24) is 14.7 Å². The summed E-state index contributed by atoms with van der Waals surface area (Å²) in [6.07, 6.45) is 4.93. The van der Waals surface area contributed by atoms with E-state index in [1.54, 1.807) is 6.26 Å². The molecule has 134 valence electrons. The molecule has 0 unspecified atom stereocenters. The standard InChI is InChI=1S/C21H23N3O2/c1-15-8-10-16(11-9-15)21(25)24(13-17-5-4-12-26-17)14-19-18-6-3-7-20(18)23(2)22-19/h4-5,8-12H,3,6-7,13-14H2,1-2H3. The maximum Gasteiger partial charge on any atom is 0.254 e. The van der Waals surface area contributed by atoms with Crippen molar-refractivity contribution in [2.24, 2.45) is 7.05 Å². The molecular formula is C21H23N3O2. The molecule has 1 aliphatic rings. The van der Waals surface area contributed by atoms with E-state index in [1.165, 1.54) is 11.3 Å². The topological polar surface area (TPSA) is 51.3 Å². The van der Waals surface area contributed by atoms with E-state index in [0.717, 1.165) is 36.3 Å². The molecule has 0 fully saturated rings. The molecule has 0 atom stereocenters. The number of rotatable bonds is 5. The number of amides is 1. The summed E-state index contributed by atoms with van der Waals surface area (Å²) < 4.78 is 7.46. The summed E-state index contributed by atoms with van der Waals surface area (Å²) >= 11 is 0. The lowest BCUT2D eigenvalue weighted by Gasteiger charge is -2.21. The molecule has 5 heteroatoms. The van der Waals surface area contributed by atoms with Gasteiger partial charge in [-0.3, -0.25) is 9.48 Å². The lowest BCUT2D eigenvalue weighted by atomic mass is 10.1. The summed E-state index contributed by atoms with van der Waals surface area (Å²) in [7, 11) is 1.99. The van der Waals surface area contributed by atoms with E-state index in [4.69, 9.17) is 4.42 Å². The van der Waals surface area contributed by atoms with Crippen molar-refractivity contribution < 1.29 is 9.21 Å². The number of aromatic nitrogens is 2. The molecule has 1 aliphatic carbocycles. The monoisotopic (exact) mass is 349 g/mol. The highest BCUT2D eigenvalue weighted by molar-refractivity contribution is 5.94. The minimum atomic E-state index is -0.00111. The van der Waals surface area contributed by atoms with Gasteiger partial charge in [-0.2, -0.15) is 5.10 Å². The zero-order chi connectivity index (χ0) is 18.1. The normalized spacial score (nSPS) is 13.0.